The van der Waals surface area contributed by atoms with Gasteiger partial charge in [-0.15, -0.1) is 0 Å². The van der Waals surface area contributed by atoms with Crippen molar-refractivity contribution in [3.8, 4) is 0 Å². The number of rotatable bonds is 8. The topological polar surface area (TPSA) is 69.7 Å². The Balaban J connectivity index is 2.85. The second kappa shape index (κ2) is 9.02. The standard InChI is InChI=1S/C17H21FO5/c1-4-22-16(20)15(17(21)23-5-2)11(3)10-14(19)12-6-8-13(18)9-7-12/h6-9,11,15H,4-5,10H2,1-3H3. The van der Waals surface area contributed by atoms with Gasteiger partial charge in [0.05, 0.1) is 13.2 Å². The van der Waals surface area contributed by atoms with E-state index in [4.69, 9.17) is 9.47 Å². The van der Waals surface area contributed by atoms with Crippen molar-refractivity contribution in [2.75, 3.05) is 13.2 Å². The van der Waals surface area contributed by atoms with Gasteiger partial charge in [-0.3, -0.25) is 14.4 Å². The third kappa shape index (κ3) is 5.47. The second-order valence-corrected chi connectivity index (χ2v) is 5.09. The van der Waals surface area contributed by atoms with E-state index in [9.17, 15) is 18.8 Å². The summed E-state index contributed by atoms with van der Waals surface area (Å²) >= 11 is 0. The quantitative estimate of drug-likeness (QED) is 0.418. The molecule has 0 amide bonds. The van der Waals surface area contributed by atoms with Gasteiger partial charge in [-0.25, -0.2) is 4.39 Å². The van der Waals surface area contributed by atoms with Gasteiger partial charge >= 0.3 is 11.9 Å². The molecule has 0 N–H and O–H groups in total. The number of carbonyl (C=O) groups excluding carboxylic acids is 3. The number of benzene rings is 1. The lowest BCUT2D eigenvalue weighted by atomic mass is 9.88. The summed E-state index contributed by atoms with van der Waals surface area (Å²) in [5.41, 5.74) is 0.324. The predicted molar refractivity (Wildman–Crippen MR) is 81.3 cm³/mol. The molecule has 0 radical (unpaired) electrons. The summed E-state index contributed by atoms with van der Waals surface area (Å²) in [5.74, 6) is -3.87. The van der Waals surface area contributed by atoms with Gasteiger partial charge in [0.2, 0.25) is 0 Å². The van der Waals surface area contributed by atoms with Crippen molar-refractivity contribution < 1.29 is 28.2 Å². The first-order valence-electron chi connectivity index (χ1n) is 7.52. The summed E-state index contributed by atoms with van der Waals surface area (Å²) in [5, 5.41) is 0. The zero-order chi connectivity index (χ0) is 17.4. The Morgan fingerprint density at radius 2 is 1.48 bits per heavy atom. The fourth-order valence-corrected chi connectivity index (χ4v) is 2.19. The van der Waals surface area contributed by atoms with Gasteiger partial charge in [-0.2, -0.15) is 0 Å². The van der Waals surface area contributed by atoms with Crippen LogP contribution in [-0.4, -0.2) is 30.9 Å². The van der Waals surface area contributed by atoms with Gasteiger partial charge in [-0.05, 0) is 44.0 Å². The minimum absolute atomic E-state index is 0.0477. The number of hydrogen-bond acceptors (Lipinski definition) is 5. The van der Waals surface area contributed by atoms with Crippen LogP contribution < -0.4 is 0 Å². The monoisotopic (exact) mass is 324 g/mol. The van der Waals surface area contributed by atoms with Crippen molar-refractivity contribution in [3.05, 3.63) is 35.6 Å². The van der Waals surface area contributed by atoms with Crippen LogP contribution in [0.1, 0.15) is 37.6 Å². The molecule has 0 bridgehead atoms. The van der Waals surface area contributed by atoms with Gasteiger partial charge in [0.25, 0.3) is 0 Å². The van der Waals surface area contributed by atoms with Crippen molar-refractivity contribution in [2.24, 2.45) is 11.8 Å². The van der Waals surface area contributed by atoms with Crippen LogP contribution in [0.5, 0.6) is 0 Å². The van der Waals surface area contributed by atoms with E-state index >= 15 is 0 Å². The fourth-order valence-electron chi connectivity index (χ4n) is 2.19. The maximum atomic E-state index is 12.9. The highest BCUT2D eigenvalue weighted by atomic mass is 19.1. The Morgan fingerprint density at radius 1 is 1.00 bits per heavy atom. The molecule has 0 saturated carbocycles. The third-order valence-electron chi connectivity index (χ3n) is 3.32. The molecular weight excluding hydrogens is 303 g/mol. The van der Waals surface area contributed by atoms with Crippen LogP contribution in [0.15, 0.2) is 24.3 Å². The average Bonchev–Trinajstić information content (AvgIpc) is 2.48. The first-order chi connectivity index (χ1) is 10.9. The minimum Gasteiger partial charge on any atom is -0.465 e. The van der Waals surface area contributed by atoms with E-state index in [0.717, 1.165) is 0 Å². The number of Topliss-reactive ketones (excluding diaryl/α,β-unsaturated/α-hetero) is 1. The smallest absolute Gasteiger partial charge is 0.320 e. The van der Waals surface area contributed by atoms with Crippen molar-refractivity contribution in [3.63, 3.8) is 0 Å². The van der Waals surface area contributed by atoms with Gasteiger partial charge in [0.1, 0.15) is 5.82 Å². The third-order valence-corrected chi connectivity index (χ3v) is 3.32. The van der Waals surface area contributed by atoms with Crippen molar-refractivity contribution in [2.45, 2.75) is 27.2 Å². The summed E-state index contributed by atoms with van der Waals surface area (Å²) in [6.45, 7) is 5.14. The molecular formula is C17H21FO5. The Kier molecular flexibility index (Phi) is 7.38. The molecule has 0 aliphatic heterocycles. The van der Waals surface area contributed by atoms with Gasteiger partial charge in [0.15, 0.2) is 11.7 Å². The highest BCUT2D eigenvalue weighted by Gasteiger charge is 2.36. The molecule has 0 aliphatic rings. The predicted octanol–water partition coefficient (Wildman–Crippen LogP) is 2.78. The van der Waals surface area contributed by atoms with Crippen LogP contribution in [0.3, 0.4) is 0 Å². The highest BCUT2D eigenvalue weighted by molar-refractivity contribution is 5.99. The van der Waals surface area contributed by atoms with Crippen LogP contribution in [0.4, 0.5) is 4.39 Å². The fraction of sp³-hybridized carbons (Fsp3) is 0.471. The second-order valence-electron chi connectivity index (χ2n) is 5.09. The largest absolute Gasteiger partial charge is 0.465 e. The molecule has 126 valence electrons. The lowest BCUT2D eigenvalue weighted by molar-refractivity contribution is -0.164. The molecule has 1 atom stereocenters. The molecule has 0 aliphatic carbocycles. The molecule has 0 heterocycles. The molecule has 6 heteroatoms. The van der Waals surface area contributed by atoms with Gasteiger partial charge < -0.3 is 9.47 Å². The summed E-state index contributed by atoms with van der Waals surface area (Å²) in [6.07, 6.45) is -0.0477. The van der Waals surface area contributed by atoms with Gasteiger partial charge in [0, 0.05) is 12.0 Å². The number of halogens is 1. The normalized spacial score (nSPS) is 11.9. The average molecular weight is 324 g/mol. The maximum absolute atomic E-state index is 12.9. The molecule has 1 aromatic rings. The molecule has 1 aromatic carbocycles. The molecule has 0 spiro atoms. The first-order valence-corrected chi connectivity index (χ1v) is 7.52. The van der Waals surface area contributed by atoms with E-state index in [1.165, 1.54) is 24.3 Å². The maximum Gasteiger partial charge on any atom is 0.320 e. The molecule has 1 rings (SSSR count). The highest BCUT2D eigenvalue weighted by Crippen LogP contribution is 2.22. The lowest BCUT2D eigenvalue weighted by Gasteiger charge is -2.20. The van der Waals surface area contributed by atoms with E-state index in [1.807, 2.05) is 0 Å². The number of ketones is 1. The number of esters is 2. The number of hydrogen-bond donors (Lipinski definition) is 0. The Labute approximate surface area is 134 Å². The van der Waals surface area contributed by atoms with Crippen LogP contribution in [-0.2, 0) is 19.1 Å². The summed E-state index contributed by atoms with van der Waals surface area (Å²) in [6, 6.07) is 5.11. The van der Waals surface area contributed by atoms with E-state index in [2.05, 4.69) is 0 Å². The number of ether oxygens (including phenoxy) is 2. The van der Waals surface area contributed by atoms with E-state index < -0.39 is 29.6 Å². The van der Waals surface area contributed by atoms with Crippen molar-refractivity contribution >= 4 is 17.7 Å². The molecule has 0 saturated heterocycles. The summed E-state index contributed by atoms with van der Waals surface area (Å²) in [7, 11) is 0. The molecule has 0 fully saturated rings. The molecule has 5 nitrogen and oxygen atoms in total. The Bertz CT molecular complexity index is 535. The van der Waals surface area contributed by atoms with Gasteiger partial charge in [-0.1, -0.05) is 6.92 Å². The van der Waals surface area contributed by atoms with Crippen LogP contribution in [0.25, 0.3) is 0 Å². The summed E-state index contributed by atoms with van der Waals surface area (Å²) < 4.78 is 22.7. The van der Waals surface area contributed by atoms with E-state index in [-0.39, 0.29) is 25.4 Å². The Morgan fingerprint density at radius 3 is 1.91 bits per heavy atom. The lowest BCUT2D eigenvalue weighted by Crippen LogP contribution is -2.34. The van der Waals surface area contributed by atoms with Crippen LogP contribution >= 0.6 is 0 Å². The zero-order valence-electron chi connectivity index (χ0n) is 13.5. The van der Waals surface area contributed by atoms with Crippen LogP contribution in [0, 0.1) is 17.7 Å². The molecule has 0 aromatic heterocycles. The Hall–Kier alpha value is -2.24. The minimum atomic E-state index is -1.15. The number of carbonyl (C=O) groups is 3. The van der Waals surface area contributed by atoms with E-state index in [0.29, 0.717) is 5.56 Å². The zero-order valence-corrected chi connectivity index (χ0v) is 13.5. The van der Waals surface area contributed by atoms with E-state index in [1.54, 1.807) is 20.8 Å². The van der Waals surface area contributed by atoms with Crippen LogP contribution in [0.2, 0.25) is 0 Å². The summed E-state index contributed by atoms with van der Waals surface area (Å²) in [4.78, 5) is 36.2. The molecule has 23 heavy (non-hydrogen) atoms. The SMILES string of the molecule is CCOC(=O)C(C(=O)OCC)C(C)CC(=O)c1ccc(F)cc1. The van der Waals surface area contributed by atoms with Crippen molar-refractivity contribution in [1.82, 2.24) is 0 Å². The van der Waals surface area contributed by atoms with Crippen molar-refractivity contribution in [1.29, 1.82) is 0 Å². The molecule has 1 unspecified atom stereocenters. The first kappa shape index (κ1) is 18.8.